The molecule has 1 amide bonds. The van der Waals surface area contributed by atoms with Crippen LogP contribution < -0.4 is 5.32 Å². The van der Waals surface area contributed by atoms with Crippen LogP contribution in [0.2, 0.25) is 0 Å². The van der Waals surface area contributed by atoms with Gasteiger partial charge in [0.25, 0.3) is 5.91 Å². The highest BCUT2D eigenvalue weighted by Crippen LogP contribution is 2.40. The third-order valence-corrected chi connectivity index (χ3v) is 6.02. The van der Waals surface area contributed by atoms with Gasteiger partial charge in [0, 0.05) is 18.3 Å². The van der Waals surface area contributed by atoms with Crippen LogP contribution >= 0.6 is 0 Å². The second kappa shape index (κ2) is 7.57. The summed E-state index contributed by atoms with van der Waals surface area (Å²) in [4.78, 5) is 20.3. The second-order valence-corrected chi connectivity index (χ2v) is 7.91. The SMILES string of the molecule is O=C(c1cc(F)ccc1-n1nccn1)N1[C@@H]2CC[C@H]1[C@H](Nc1ccc(C(F)(F)F)cn1)C2. The molecule has 32 heavy (non-hydrogen) atoms. The van der Waals surface area contributed by atoms with Crippen molar-refractivity contribution in [2.24, 2.45) is 0 Å². The highest BCUT2D eigenvalue weighted by molar-refractivity contribution is 5.98. The van der Waals surface area contributed by atoms with Crippen LogP contribution in [0.15, 0.2) is 48.9 Å². The summed E-state index contributed by atoms with van der Waals surface area (Å²) in [6.45, 7) is 0. The fraction of sp³-hybridized carbons (Fsp3) is 0.333. The summed E-state index contributed by atoms with van der Waals surface area (Å²) < 4.78 is 52.3. The molecule has 11 heteroatoms. The average molecular weight is 446 g/mol. The van der Waals surface area contributed by atoms with Crippen molar-refractivity contribution in [1.29, 1.82) is 0 Å². The van der Waals surface area contributed by atoms with Crippen molar-refractivity contribution < 1.29 is 22.4 Å². The molecule has 0 radical (unpaired) electrons. The lowest BCUT2D eigenvalue weighted by Gasteiger charge is -2.26. The molecule has 2 aliphatic rings. The van der Waals surface area contributed by atoms with E-state index >= 15 is 0 Å². The predicted molar refractivity (Wildman–Crippen MR) is 106 cm³/mol. The van der Waals surface area contributed by atoms with Gasteiger partial charge in [0.2, 0.25) is 0 Å². The summed E-state index contributed by atoms with van der Waals surface area (Å²) in [5.74, 6) is -0.552. The molecule has 166 valence electrons. The topological polar surface area (TPSA) is 75.9 Å². The Hall–Kier alpha value is -3.50. The number of pyridine rings is 1. The zero-order valence-corrected chi connectivity index (χ0v) is 16.6. The van der Waals surface area contributed by atoms with E-state index in [2.05, 4.69) is 20.5 Å². The Bertz CT molecular complexity index is 1130. The maximum atomic E-state index is 14.0. The Balaban J connectivity index is 1.38. The summed E-state index contributed by atoms with van der Waals surface area (Å²) in [5, 5.41) is 11.3. The van der Waals surface area contributed by atoms with Crippen LogP contribution in [0.1, 0.15) is 35.2 Å². The van der Waals surface area contributed by atoms with Crippen molar-refractivity contribution in [1.82, 2.24) is 24.9 Å². The number of halogens is 4. The number of benzene rings is 1. The fourth-order valence-electron chi connectivity index (χ4n) is 4.63. The first kappa shape index (κ1) is 20.4. The van der Waals surface area contributed by atoms with Gasteiger partial charge in [0.1, 0.15) is 11.6 Å². The summed E-state index contributed by atoms with van der Waals surface area (Å²) in [6, 6.07) is 5.74. The van der Waals surface area contributed by atoms with Crippen LogP contribution in [0.5, 0.6) is 0 Å². The highest BCUT2D eigenvalue weighted by Gasteiger charge is 2.49. The molecule has 3 atom stereocenters. The highest BCUT2D eigenvalue weighted by atomic mass is 19.4. The third kappa shape index (κ3) is 3.57. The largest absolute Gasteiger partial charge is 0.417 e. The zero-order valence-electron chi connectivity index (χ0n) is 16.6. The number of fused-ring (bicyclic) bond motifs is 2. The number of carbonyl (C=O) groups excluding carboxylic acids is 1. The van der Waals surface area contributed by atoms with Crippen LogP contribution in [-0.2, 0) is 6.18 Å². The molecule has 2 fully saturated rings. The molecular formula is C21H18F4N6O. The van der Waals surface area contributed by atoms with E-state index in [1.165, 1.54) is 41.5 Å². The monoisotopic (exact) mass is 446 g/mol. The predicted octanol–water partition coefficient (Wildman–Crippen LogP) is 3.68. The van der Waals surface area contributed by atoms with Crippen LogP contribution in [-0.4, -0.2) is 48.9 Å². The molecule has 1 aromatic carbocycles. The normalized spacial score (nSPS) is 22.4. The van der Waals surface area contributed by atoms with Crippen molar-refractivity contribution in [3.05, 3.63) is 65.9 Å². The van der Waals surface area contributed by atoms with Crippen LogP contribution in [0.3, 0.4) is 0 Å². The molecule has 0 unspecified atom stereocenters. The van der Waals surface area contributed by atoms with Gasteiger partial charge in [0.05, 0.1) is 35.2 Å². The van der Waals surface area contributed by atoms with E-state index in [4.69, 9.17) is 0 Å². The van der Waals surface area contributed by atoms with Gasteiger partial charge in [-0.05, 0) is 49.6 Å². The van der Waals surface area contributed by atoms with Crippen molar-refractivity contribution in [3.8, 4) is 5.69 Å². The first-order chi connectivity index (χ1) is 15.3. The van der Waals surface area contributed by atoms with E-state index in [-0.39, 0.29) is 29.6 Å². The number of alkyl halides is 3. The molecule has 0 aliphatic carbocycles. The van der Waals surface area contributed by atoms with E-state index < -0.39 is 17.6 Å². The molecule has 1 N–H and O–H groups in total. The Kier molecular flexibility index (Phi) is 4.83. The molecule has 2 saturated heterocycles. The van der Waals surface area contributed by atoms with Gasteiger partial charge >= 0.3 is 6.18 Å². The number of nitrogens with zero attached hydrogens (tertiary/aromatic N) is 5. The van der Waals surface area contributed by atoms with E-state index in [0.29, 0.717) is 17.9 Å². The van der Waals surface area contributed by atoms with E-state index in [9.17, 15) is 22.4 Å². The Morgan fingerprint density at radius 2 is 1.88 bits per heavy atom. The van der Waals surface area contributed by atoms with Gasteiger partial charge < -0.3 is 10.2 Å². The summed E-state index contributed by atoms with van der Waals surface area (Å²) >= 11 is 0. The molecule has 5 rings (SSSR count). The Labute approximate surface area is 180 Å². The van der Waals surface area contributed by atoms with Gasteiger partial charge in [-0.3, -0.25) is 4.79 Å². The van der Waals surface area contributed by atoms with Gasteiger partial charge in [0.15, 0.2) is 0 Å². The lowest BCUT2D eigenvalue weighted by atomic mass is 9.95. The molecule has 0 spiro atoms. The van der Waals surface area contributed by atoms with Crippen molar-refractivity contribution in [2.75, 3.05) is 5.32 Å². The lowest BCUT2D eigenvalue weighted by molar-refractivity contribution is -0.137. The number of aromatic nitrogens is 4. The van der Waals surface area contributed by atoms with Crippen molar-refractivity contribution in [2.45, 2.75) is 43.6 Å². The number of amides is 1. The van der Waals surface area contributed by atoms with Crippen molar-refractivity contribution >= 4 is 11.7 Å². The summed E-state index contributed by atoms with van der Waals surface area (Å²) in [5.41, 5.74) is -0.285. The lowest BCUT2D eigenvalue weighted by Crippen LogP contribution is -2.40. The van der Waals surface area contributed by atoms with Gasteiger partial charge in [-0.2, -0.15) is 28.2 Å². The molecule has 2 aliphatic heterocycles. The minimum atomic E-state index is -4.45. The van der Waals surface area contributed by atoms with Gasteiger partial charge in [-0.15, -0.1) is 0 Å². The van der Waals surface area contributed by atoms with Gasteiger partial charge in [-0.1, -0.05) is 0 Å². The molecular weight excluding hydrogens is 428 g/mol. The van der Waals surface area contributed by atoms with Crippen LogP contribution in [0, 0.1) is 5.82 Å². The summed E-state index contributed by atoms with van der Waals surface area (Å²) in [7, 11) is 0. The smallest absolute Gasteiger partial charge is 0.365 e. The number of carbonyl (C=O) groups is 1. The average Bonchev–Trinajstić information content (AvgIpc) is 3.49. The maximum Gasteiger partial charge on any atom is 0.417 e. The van der Waals surface area contributed by atoms with Crippen LogP contribution in [0.4, 0.5) is 23.4 Å². The second-order valence-electron chi connectivity index (χ2n) is 7.91. The number of anilines is 1. The van der Waals surface area contributed by atoms with Crippen molar-refractivity contribution in [3.63, 3.8) is 0 Å². The molecule has 3 aromatic rings. The fourth-order valence-corrected chi connectivity index (χ4v) is 4.63. The number of hydrogen-bond donors (Lipinski definition) is 1. The summed E-state index contributed by atoms with van der Waals surface area (Å²) in [6.07, 6.45) is 1.44. The van der Waals surface area contributed by atoms with E-state index in [0.717, 1.165) is 25.1 Å². The molecule has 7 nitrogen and oxygen atoms in total. The van der Waals surface area contributed by atoms with Crippen LogP contribution in [0.25, 0.3) is 5.69 Å². The first-order valence-electron chi connectivity index (χ1n) is 10.1. The zero-order chi connectivity index (χ0) is 22.5. The quantitative estimate of drug-likeness (QED) is 0.619. The molecule has 2 bridgehead atoms. The number of rotatable bonds is 4. The molecule has 2 aromatic heterocycles. The number of hydrogen-bond acceptors (Lipinski definition) is 5. The minimum Gasteiger partial charge on any atom is -0.365 e. The molecule has 4 heterocycles. The Morgan fingerprint density at radius 1 is 1.09 bits per heavy atom. The molecule has 0 saturated carbocycles. The van der Waals surface area contributed by atoms with E-state index in [1.54, 1.807) is 4.90 Å². The van der Waals surface area contributed by atoms with Gasteiger partial charge in [-0.25, -0.2) is 9.37 Å². The maximum absolute atomic E-state index is 14.0. The standard InChI is InChI=1S/C21H18F4N6O/c22-13-2-4-17(31-27-7-8-28-31)15(9-13)20(32)30-14-3-5-18(30)16(10-14)29-19-6-1-12(11-26-19)21(23,24)25/h1-2,4,6-9,11,14,16,18H,3,5,10H2,(H,26,29)/t14-,16-,18+/m1/s1. The first-order valence-corrected chi connectivity index (χ1v) is 10.1. The van der Waals surface area contributed by atoms with E-state index in [1.807, 2.05) is 0 Å². The number of nitrogens with one attached hydrogen (secondary N) is 1. The third-order valence-electron chi connectivity index (χ3n) is 6.02. The Morgan fingerprint density at radius 3 is 2.56 bits per heavy atom. The minimum absolute atomic E-state index is 0.0545.